The van der Waals surface area contributed by atoms with Crippen molar-refractivity contribution >= 4 is 5.97 Å². The lowest BCUT2D eigenvalue weighted by Gasteiger charge is -2.13. The van der Waals surface area contributed by atoms with Crippen molar-refractivity contribution in [2.24, 2.45) is 0 Å². The van der Waals surface area contributed by atoms with Gasteiger partial charge in [0.15, 0.2) is 11.5 Å². The van der Waals surface area contributed by atoms with Gasteiger partial charge in [0.2, 0.25) is 0 Å². The Morgan fingerprint density at radius 1 is 1.09 bits per heavy atom. The van der Waals surface area contributed by atoms with Gasteiger partial charge >= 0.3 is 5.97 Å². The molecule has 0 amide bonds. The Bertz CT molecular complexity index is 639. The molecule has 2 aromatic rings. The molecule has 0 unspecified atom stereocenters. The fraction of sp³-hybridized carbons (Fsp3) is 0.188. The maximum Gasteiger partial charge on any atom is 0.339 e. The number of ether oxygens (including phenoxy) is 3. The minimum Gasteiger partial charge on any atom is -0.493 e. The molecule has 22 heavy (non-hydrogen) atoms. The maximum atomic E-state index is 12.8. The Morgan fingerprint density at radius 3 is 2.41 bits per heavy atom. The minimum absolute atomic E-state index is 0.0149. The first kappa shape index (κ1) is 15.6. The summed E-state index contributed by atoms with van der Waals surface area (Å²) in [5.41, 5.74) is 0.0149. The van der Waals surface area contributed by atoms with Crippen molar-refractivity contribution in [2.45, 2.75) is 0 Å². The number of hydrogen-bond acceptors (Lipinski definition) is 4. The predicted octanol–water partition coefficient (Wildman–Crippen LogP) is 2.99. The van der Waals surface area contributed by atoms with E-state index in [-0.39, 0.29) is 30.3 Å². The van der Waals surface area contributed by atoms with Crippen LogP contribution in [0.25, 0.3) is 0 Å². The molecule has 0 aliphatic carbocycles. The summed E-state index contributed by atoms with van der Waals surface area (Å²) in [6.45, 7) is 0.306. The molecule has 0 heterocycles. The van der Waals surface area contributed by atoms with Gasteiger partial charge in [0.1, 0.15) is 30.3 Å². The van der Waals surface area contributed by atoms with Crippen LogP contribution in [0.2, 0.25) is 0 Å². The maximum absolute atomic E-state index is 12.8. The molecule has 6 heteroatoms. The van der Waals surface area contributed by atoms with Crippen LogP contribution in [0.1, 0.15) is 10.4 Å². The van der Waals surface area contributed by atoms with Crippen molar-refractivity contribution < 1.29 is 28.5 Å². The van der Waals surface area contributed by atoms with Gasteiger partial charge in [-0.25, -0.2) is 9.18 Å². The van der Waals surface area contributed by atoms with Crippen LogP contribution in [0.3, 0.4) is 0 Å². The highest BCUT2D eigenvalue weighted by Crippen LogP contribution is 2.31. The normalized spacial score (nSPS) is 10.1. The van der Waals surface area contributed by atoms with E-state index < -0.39 is 5.97 Å². The topological polar surface area (TPSA) is 65.0 Å². The van der Waals surface area contributed by atoms with Crippen LogP contribution in [-0.2, 0) is 0 Å². The highest BCUT2D eigenvalue weighted by Gasteiger charge is 2.16. The second kappa shape index (κ2) is 7.31. The smallest absolute Gasteiger partial charge is 0.339 e. The number of para-hydroxylation sites is 1. The molecule has 5 nitrogen and oxygen atoms in total. The quantitative estimate of drug-likeness (QED) is 0.797. The van der Waals surface area contributed by atoms with Gasteiger partial charge in [0.05, 0.1) is 7.11 Å². The highest BCUT2D eigenvalue weighted by molar-refractivity contribution is 5.92. The van der Waals surface area contributed by atoms with E-state index in [2.05, 4.69) is 0 Å². The van der Waals surface area contributed by atoms with E-state index in [9.17, 15) is 9.18 Å². The zero-order valence-corrected chi connectivity index (χ0v) is 11.9. The Hall–Kier alpha value is -2.76. The lowest BCUT2D eigenvalue weighted by molar-refractivity contribution is 0.0690. The molecule has 1 N–H and O–H groups in total. The zero-order valence-electron chi connectivity index (χ0n) is 11.9. The van der Waals surface area contributed by atoms with E-state index in [0.717, 1.165) is 0 Å². The number of carboxylic acid groups (broad SMARTS) is 1. The van der Waals surface area contributed by atoms with Crippen LogP contribution in [-0.4, -0.2) is 31.4 Å². The van der Waals surface area contributed by atoms with Gasteiger partial charge in [-0.15, -0.1) is 0 Å². The van der Waals surface area contributed by atoms with E-state index in [1.54, 1.807) is 12.1 Å². The number of halogens is 1. The summed E-state index contributed by atoms with van der Waals surface area (Å²) in [5, 5.41) is 9.14. The fourth-order valence-corrected chi connectivity index (χ4v) is 1.83. The van der Waals surface area contributed by atoms with Gasteiger partial charge in [0, 0.05) is 0 Å². The molecule has 0 saturated carbocycles. The molecule has 0 saturated heterocycles. The first-order chi connectivity index (χ1) is 10.6. The summed E-state index contributed by atoms with van der Waals surface area (Å²) in [6, 6.07) is 10.2. The van der Waals surface area contributed by atoms with Crippen molar-refractivity contribution in [1.82, 2.24) is 0 Å². The lowest BCUT2D eigenvalue weighted by atomic mass is 10.2. The van der Waals surface area contributed by atoms with Crippen LogP contribution in [0.4, 0.5) is 4.39 Å². The zero-order chi connectivity index (χ0) is 15.9. The standard InChI is InChI=1S/C16H15FO5/c1-20-14-4-2-3-13(16(18)19)15(14)22-10-9-21-12-7-5-11(17)6-8-12/h2-8H,9-10H2,1H3,(H,18,19). The van der Waals surface area contributed by atoms with Crippen LogP contribution < -0.4 is 14.2 Å². The number of methoxy groups -OCH3 is 1. The molecule has 0 aromatic heterocycles. The molecule has 0 bridgehead atoms. The van der Waals surface area contributed by atoms with Crippen molar-refractivity contribution in [3.05, 3.63) is 53.8 Å². The van der Waals surface area contributed by atoms with Crippen molar-refractivity contribution in [3.63, 3.8) is 0 Å². The number of rotatable bonds is 7. The van der Waals surface area contributed by atoms with Gasteiger partial charge in [0.25, 0.3) is 0 Å². The molecule has 0 fully saturated rings. The first-order valence-corrected chi connectivity index (χ1v) is 6.53. The number of carboxylic acids is 1. The number of benzene rings is 2. The summed E-state index contributed by atoms with van der Waals surface area (Å²) in [6.07, 6.45) is 0. The third-order valence-electron chi connectivity index (χ3n) is 2.84. The molecular weight excluding hydrogens is 291 g/mol. The largest absolute Gasteiger partial charge is 0.493 e. The molecule has 116 valence electrons. The van der Waals surface area contributed by atoms with E-state index in [1.807, 2.05) is 0 Å². The Morgan fingerprint density at radius 2 is 1.77 bits per heavy atom. The highest BCUT2D eigenvalue weighted by atomic mass is 19.1. The average molecular weight is 306 g/mol. The van der Waals surface area contributed by atoms with Gasteiger partial charge in [-0.2, -0.15) is 0 Å². The van der Waals surface area contributed by atoms with E-state index in [4.69, 9.17) is 19.3 Å². The van der Waals surface area contributed by atoms with Crippen LogP contribution in [0, 0.1) is 5.82 Å². The van der Waals surface area contributed by atoms with Gasteiger partial charge in [-0.05, 0) is 36.4 Å². The van der Waals surface area contributed by atoms with Crippen LogP contribution in [0.15, 0.2) is 42.5 Å². The van der Waals surface area contributed by atoms with Crippen LogP contribution in [0.5, 0.6) is 17.2 Å². The predicted molar refractivity (Wildman–Crippen MR) is 77.3 cm³/mol. The SMILES string of the molecule is COc1cccc(C(=O)O)c1OCCOc1ccc(F)cc1. The summed E-state index contributed by atoms with van der Waals surface area (Å²) in [5.74, 6) is -0.456. The number of aromatic carboxylic acids is 1. The second-order valence-electron chi connectivity index (χ2n) is 4.29. The molecule has 2 aromatic carbocycles. The van der Waals surface area contributed by atoms with E-state index in [0.29, 0.717) is 11.5 Å². The average Bonchev–Trinajstić information content (AvgIpc) is 2.53. The minimum atomic E-state index is -1.10. The molecule has 0 aliphatic rings. The first-order valence-electron chi connectivity index (χ1n) is 6.53. The second-order valence-corrected chi connectivity index (χ2v) is 4.29. The molecular formula is C16H15FO5. The van der Waals surface area contributed by atoms with Crippen molar-refractivity contribution in [1.29, 1.82) is 0 Å². The van der Waals surface area contributed by atoms with E-state index >= 15 is 0 Å². The monoisotopic (exact) mass is 306 g/mol. The summed E-state index contributed by atoms with van der Waals surface area (Å²) >= 11 is 0. The molecule has 0 radical (unpaired) electrons. The van der Waals surface area contributed by atoms with Gasteiger partial charge < -0.3 is 19.3 Å². The summed E-state index contributed by atoms with van der Waals surface area (Å²) in [7, 11) is 1.43. The van der Waals surface area contributed by atoms with Gasteiger partial charge in [-0.1, -0.05) is 6.07 Å². The summed E-state index contributed by atoms with van der Waals surface area (Å²) in [4.78, 5) is 11.2. The third-order valence-corrected chi connectivity index (χ3v) is 2.84. The van der Waals surface area contributed by atoms with Gasteiger partial charge in [-0.3, -0.25) is 0 Å². The molecule has 2 rings (SSSR count). The van der Waals surface area contributed by atoms with E-state index in [1.165, 1.54) is 37.4 Å². The fourth-order valence-electron chi connectivity index (χ4n) is 1.83. The third kappa shape index (κ3) is 3.88. The molecule has 0 aliphatic heterocycles. The Kier molecular flexibility index (Phi) is 5.19. The number of carbonyl (C=O) groups is 1. The molecule has 0 spiro atoms. The summed E-state index contributed by atoms with van der Waals surface area (Å²) < 4.78 is 28.7. The van der Waals surface area contributed by atoms with Crippen molar-refractivity contribution in [2.75, 3.05) is 20.3 Å². The Balaban J connectivity index is 1.96. The lowest BCUT2D eigenvalue weighted by Crippen LogP contribution is -2.12. The van der Waals surface area contributed by atoms with Crippen molar-refractivity contribution in [3.8, 4) is 17.2 Å². The Labute approximate surface area is 126 Å². The number of hydrogen-bond donors (Lipinski definition) is 1. The van der Waals surface area contributed by atoms with Crippen LogP contribution >= 0.6 is 0 Å². The molecule has 0 atom stereocenters.